The number of halogens is 3. The Kier molecular flexibility index (Phi) is 7.06. The van der Waals surface area contributed by atoms with Crippen molar-refractivity contribution in [2.24, 2.45) is 0 Å². The molecule has 0 fully saturated rings. The Hall–Kier alpha value is -1.35. The van der Waals surface area contributed by atoms with Crippen LogP contribution in [0.4, 0.5) is 5.69 Å². The highest BCUT2D eigenvalue weighted by Crippen LogP contribution is 2.35. The van der Waals surface area contributed by atoms with Crippen LogP contribution in [0.1, 0.15) is 5.56 Å². The predicted molar refractivity (Wildman–Crippen MR) is 110 cm³/mol. The van der Waals surface area contributed by atoms with Crippen LogP contribution in [0.25, 0.3) is 0 Å². The summed E-state index contributed by atoms with van der Waals surface area (Å²) in [7, 11) is 0. The third-order valence-corrected chi connectivity index (χ3v) is 4.86. The first-order valence-electron chi connectivity index (χ1n) is 6.94. The molecule has 0 unspecified atom stereocenters. The van der Waals surface area contributed by atoms with Crippen molar-refractivity contribution >= 4 is 72.4 Å². The van der Waals surface area contributed by atoms with E-state index >= 15 is 0 Å². The fraction of sp³-hybridized carbons (Fsp3) is 0.125. The second-order valence-corrected chi connectivity index (χ2v) is 7.51. The van der Waals surface area contributed by atoms with E-state index in [1.165, 1.54) is 0 Å². The fourth-order valence-electron chi connectivity index (χ4n) is 1.82. The number of hydrogen-bond donors (Lipinski definition) is 3. The normalized spacial score (nSPS) is 10.2. The molecule has 2 aromatic carbocycles. The molecule has 1 amide bonds. The van der Waals surface area contributed by atoms with E-state index in [-0.39, 0.29) is 17.5 Å². The van der Waals surface area contributed by atoms with Crippen molar-refractivity contribution in [1.29, 1.82) is 0 Å². The molecule has 0 spiro atoms. The number of phenolic OH excluding ortho intramolecular Hbond substituents is 1. The number of rotatable bonds is 4. The number of phenols is 1. The second kappa shape index (κ2) is 8.84. The fourth-order valence-corrected chi connectivity index (χ4v) is 3.35. The van der Waals surface area contributed by atoms with Gasteiger partial charge in [-0.15, -0.1) is 0 Å². The number of carbonyl (C=O) groups excluding carboxylic acids is 1. The number of nitrogens with one attached hydrogen (secondary N) is 2. The molecule has 0 saturated carbocycles. The van der Waals surface area contributed by atoms with Crippen molar-refractivity contribution in [3.05, 3.63) is 49.9 Å². The molecule has 0 bridgehead atoms. The zero-order chi connectivity index (χ0) is 18.6. The molecular weight excluding hydrogens is 496 g/mol. The number of thiocarbonyl (C=S) groups is 1. The van der Waals surface area contributed by atoms with Gasteiger partial charge < -0.3 is 15.2 Å². The van der Waals surface area contributed by atoms with E-state index in [2.05, 4.69) is 42.5 Å². The van der Waals surface area contributed by atoms with Crippen LogP contribution >= 0.6 is 55.7 Å². The van der Waals surface area contributed by atoms with E-state index in [4.69, 9.17) is 28.6 Å². The van der Waals surface area contributed by atoms with Crippen LogP contribution in [0.15, 0.2) is 39.3 Å². The first-order chi connectivity index (χ1) is 11.8. The topological polar surface area (TPSA) is 70.6 Å². The van der Waals surface area contributed by atoms with Gasteiger partial charge in [-0.3, -0.25) is 10.1 Å². The summed E-state index contributed by atoms with van der Waals surface area (Å²) in [6.45, 7) is 1.66. The lowest BCUT2D eigenvalue weighted by molar-refractivity contribution is -0.121. The standard InChI is InChI=1S/C16H13Br2ClN2O3S/c1-8-4-10(2-3-13(8)19)24-7-14(22)21-16(25)20-9-5-11(17)15(23)12(18)6-9/h2-6,23H,7H2,1H3,(H2,20,21,22,25). The molecule has 3 N–H and O–H groups in total. The summed E-state index contributed by atoms with van der Waals surface area (Å²) in [5, 5.41) is 15.8. The number of ether oxygens (including phenoxy) is 1. The van der Waals surface area contributed by atoms with E-state index in [1.807, 2.05) is 6.92 Å². The maximum absolute atomic E-state index is 11.9. The zero-order valence-electron chi connectivity index (χ0n) is 12.9. The van der Waals surface area contributed by atoms with Crippen LogP contribution < -0.4 is 15.4 Å². The quantitative estimate of drug-likeness (QED) is 0.410. The summed E-state index contributed by atoms with van der Waals surface area (Å²) < 4.78 is 6.37. The first kappa shape index (κ1) is 20.0. The molecule has 9 heteroatoms. The molecule has 0 aliphatic heterocycles. The lowest BCUT2D eigenvalue weighted by Gasteiger charge is -2.12. The minimum atomic E-state index is -0.401. The molecule has 2 rings (SSSR count). The predicted octanol–water partition coefficient (Wildman–Crippen LogP) is 4.77. The molecule has 0 aromatic heterocycles. The Morgan fingerprint density at radius 1 is 1.28 bits per heavy atom. The van der Waals surface area contributed by atoms with Gasteiger partial charge in [0.2, 0.25) is 0 Å². The van der Waals surface area contributed by atoms with Gasteiger partial charge in [-0.2, -0.15) is 0 Å². The summed E-state index contributed by atoms with van der Waals surface area (Å²) in [6.07, 6.45) is 0. The van der Waals surface area contributed by atoms with Crippen LogP contribution in [0.5, 0.6) is 11.5 Å². The van der Waals surface area contributed by atoms with Crippen LogP contribution in [0, 0.1) is 6.92 Å². The largest absolute Gasteiger partial charge is 0.506 e. The number of carbonyl (C=O) groups is 1. The SMILES string of the molecule is Cc1cc(OCC(=O)NC(=S)Nc2cc(Br)c(O)c(Br)c2)ccc1Cl. The van der Waals surface area contributed by atoms with E-state index in [1.54, 1.807) is 30.3 Å². The number of hydrogen-bond acceptors (Lipinski definition) is 4. The number of amides is 1. The van der Waals surface area contributed by atoms with Gasteiger partial charge in [0.05, 0.1) is 8.95 Å². The minimum absolute atomic E-state index is 0.0761. The van der Waals surface area contributed by atoms with Gasteiger partial charge >= 0.3 is 0 Å². The third-order valence-electron chi connectivity index (χ3n) is 3.03. The minimum Gasteiger partial charge on any atom is -0.506 e. The van der Waals surface area contributed by atoms with E-state index in [0.717, 1.165) is 5.56 Å². The van der Waals surface area contributed by atoms with Crippen molar-refractivity contribution in [3.8, 4) is 11.5 Å². The summed E-state index contributed by atoms with van der Waals surface area (Å²) in [6, 6.07) is 8.40. The van der Waals surface area contributed by atoms with Crippen LogP contribution in [-0.4, -0.2) is 22.7 Å². The Morgan fingerprint density at radius 2 is 1.92 bits per heavy atom. The smallest absolute Gasteiger partial charge is 0.264 e. The maximum Gasteiger partial charge on any atom is 0.264 e. The Bertz CT molecular complexity index is 810. The monoisotopic (exact) mass is 506 g/mol. The van der Waals surface area contributed by atoms with Crippen molar-refractivity contribution < 1.29 is 14.6 Å². The lowest BCUT2D eigenvalue weighted by Crippen LogP contribution is -2.37. The van der Waals surface area contributed by atoms with Crippen LogP contribution in [0.2, 0.25) is 5.02 Å². The average molecular weight is 509 g/mol. The lowest BCUT2D eigenvalue weighted by atomic mass is 10.2. The summed E-state index contributed by atoms with van der Waals surface area (Å²) in [5.41, 5.74) is 1.45. The molecule has 0 radical (unpaired) electrons. The van der Waals surface area contributed by atoms with Crippen molar-refractivity contribution in [1.82, 2.24) is 5.32 Å². The van der Waals surface area contributed by atoms with E-state index in [0.29, 0.717) is 25.4 Å². The van der Waals surface area contributed by atoms with Crippen molar-refractivity contribution in [2.75, 3.05) is 11.9 Å². The molecule has 2 aromatic rings. The van der Waals surface area contributed by atoms with Gasteiger partial charge in [-0.1, -0.05) is 11.6 Å². The zero-order valence-corrected chi connectivity index (χ0v) is 17.6. The van der Waals surface area contributed by atoms with Crippen LogP contribution in [0.3, 0.4) is 0 Å². The second-order valence-electron chi connectivity index (χ2n) is 4.99. The number of anilines is 1. The molecule has 5 nitrogen and oxygen atoms in total. The Labute approximate surface area is 172 Å². The van der Waals surface area contributed by atoms with E-state index in [9.17, 15) is 9.90 Å². The third kappa shape index (κ3) is 5.85. The molecular formula is C16H13Br2ClN2O3S. The first-order valence-corrected chi connectivity index (χ1v) is 9.31. The molecule has 0 atom stereocenters. The highest BCUT2D eigenvalue weighted by Gasteiger charge is 2.10. The molecule has 0 heterocycles. The Morgan fingerprint density at radius 3 is 2.52 bits per heavy atom. The van der Waals surface area contributed by atoms with Gasteiger partial charge in [0.15, 0.2) is 11.7 Å². The molecule has 0 aliphatic carbocycles. The highest BCUT2D eigenvalue weighted by molar-refractivity contribution is 9.11. The maximum atomic E-state index is 11.9. The summed E-state index contributed by atoms with van der Waals surface area (Å²) >= 11 is 17.5. The molecule has 0 aliphatic rings. The van der Waals surface area contributed by atoms with Gasteiger partial charge in [0.25, 0.3) is 5.91 Å². The number of benzene rings is 2. The van der Waals surface area contributed by atoms with Crippen molar-refractivity contribution in [2.45, 2.75) is 6.92 Å². The van der Waals surface area contributed by atoms with Gasteiger partial charge in [0, 0.05) is 10.7 Å². The molecule has 132 valence electrons. The van der Waals surface area contributed by atoms with Crippen molar-refractivity contribution in [3.63, 3.8) is 0 Å². The Balaban J connectivity index is 1.87. The number of aryl methyl sites for hydroxylation is 1. The van der Waals surface area contributed by atoms with Gasteiger partial charge in [0.1, 0.15) is 11.5 Å². The molecule has 0 saturated heterocycles. The summed E-state index contributed by atoms with van der Waals surface area (Å²) in [5.74, 6) is 0.219. The highest BCUT2D eigenvalue weighted by atomic mass is 79.9. The summed E-state index contributed by atoms with van der Waals surface area (Å²) in [4.78, 5) is 11.9. The average Bonchev–Trinajstić information content (AvgIpc) is 2.53. The number of aromatic hydroxyl groups is 1. The van der Waals surface area contributed by atoms with Gasteiger partial charge in [-0.25, -0.2) is 0 Å². The van der Waals surface area contributed by atoms with Gasteiger partial charge in [-0.05, 0) is 86.9 Å². The molecule has 25 heavy (non-hydrogen) atoms. The van der Waals surface area contributed by atoms with Crippen LogP contribution in [-0.2, 0) is 4.79 Å². The van der Waals surface area contributed by atoms with E-state index < -0.39 is 5.91 Å².